The van der Waals surface area contributed by atoms with Crippen LogP contribution in [0.5, 0.6) is 0 Å². The molecule has 7 heteroatoms. The van der Waals surface area contributed by atoms with E-state index in [1.807, 2.05) is 0 Å². The molecule has 24 heavy (non-hydrogen) atoms. The summed E-state index contributed by atoms with van der Waals surface area (Å²) < 4.78 is 24.5. The summed E-state index contributed by atoms with van der Waals surface area (Å²) in [7, 11) is 0. The normalized spacial score (nSPS) is 19.8. The van der Waals surface area contributed by atoms with Gasteiger partial charge in [0.25, 0.3) is 0 Å². The summed E-state index contributed by atoms with van der Waals surface area (Å²) in [5.41, 5.74) is 2.22. The van der Waals surface area contributed by atoms with Crippen molar-refractivity contribution in [2.75, 3.05) is 13.2 Å². The topological polar surface area (TPSA) is 64.6 Å². The highest BCUT2D eigenvalue weighted by Gasteiger charge is 2.42. The highest BCUT2D eigenvalue weighted by Crippen LogP contribution is 2.44. The summed E-state index contributed by atoms with van der Waals surface area (Å²) in [6.45, 7) is 3.72. The van der Waals surface area contributed by atoms with Crippen molar-refractivity contribution >= 4 is 27.9 Å². The number of halogens is 2. The third kappa shape index (κ3) is 2.62. The van der Waals surface area contributed by atoms with E-state index in [1.165, 1.54) is 12.1 Å². The van der Waals surface area contributed by atoms with Gasteiger partial charge in [-0.3, -0.25) is 0 Å². The van der Waals surface area contributed by atoms with Crippen LogP contribution in [-0.2, 0) is 19.1 Å². The van der Waals surface area contributed by atoms with Gasteiger partial charge in [-0.2, -0.15) is 0 Å². The molecule has 5 nitrogen and oxygen atoms in total. The molecule has 1 aromatic carbocycles. The Balaban J connectivity index is 2.21. The second-order valence-corrected chi connectivity index (χ2v) is 6.22. The van der Waals surface area contributed by atoms with Crippen LogP contribution in [0, 0.1) is 5.82 Å². The molecule has 1 atom stereocenters. The minimum absolute atomic E-state index is 0.102. The molecule has 0 saturated heterocycles. The van der Waals surface area contributed by atoms with Crippen LogP contribution in [0.2, 0.25) is 0 Å². The Morgan fingerprint density at radius 2 is 2.25 bits per heavy atom. The van der Waals surface area contributed by atoms with E-state index in [2.05, 4.69) is 21.2 Å². The summed E-state index contributed by atoms with van der Waals surface area (Å²) in [5, 5.41) is 3.04. The molecular formula is C17H15BrFNO4. The number of benzene rings is 1. The SMILES string of the molecule is CCOC(=O)C1=C(C)NC2=C(C(=O)OC2)[C@H]1c1cccc(F)c1Br. The lowest BCUT2D eigenvalue weighted by atomic mass is 9.81. The van der Waals surface area contributed by atoms with Crippen LogP contribution in [-0.4, -0.2) is 25.2 Å². The monoisotopic (exact) mass is 395 g/mol. The largest absolute Gasteiger partial charge is 0.463 e. The quantitative estimate of drug-likeness (QED) is 0.797. The zero-order chi connectivity index (χ0) is 17.4. The Kier molecular flexibility index (Phi) is 4.45. The highest BCUT2D eigenvalue weighted by atomic mass is 79.9. The molecule has 2 heterocycles. The van der Waals surface area contributed by atoms with Gasteiger partial charge in [0.15, 0.2) is 0 Å². The lowest BCUT2D eigenvalue weighted by Crippen LogP contribution is -2.30. The number of nitrogens with one attached hydrogen (secondary N) is 1. The molecule has 3 rings (SSSR count). The summed E-state index contributed by atoms with van der Waals surface area (Å²) >= 11 is 3.22. The molecule has 0 spiro atoms. The second kappa shape index (κ2) is 6.39. The van der Waals surface area contributed by atoms with E-state index < -0.39 is 23.7 Å². The number of allylic oxidation sites excluding steroid dienone is 1. The molecule has 0 amide bonds. The summed E-state index contributed by atoms with van der Waals surface area (Å²) in [4.78, 5) is 24.7. The number of hydrogen-bond donors (Lipinski definition) is 1. The number of cyclic esters (lactones) is 1. The molecule has 2 aliphatic rings. The van der Waals surface area contributed by atoms with E-state index in [-0.39, 0.29) is 23.3 Å². The molecule has 0 fully saturated rings. The highest BCUT2D eigenvalue weighted by molar-refractivity contribution is 9.10. The van der Waals surface area contributed by atoms with Crippen LogP contribution in [0.4, 0.5) is 4.39 Å². The molecule has 0 unspecified atom stereocenters. The maximum absolute atomic E-state index is 14.0. The van der Waals surface area contributed by atoms with Crippen molar-refractivity contribution < 1.29 is 23.5 Å². The first kappa shape index (κ1) is 16.7. The second-order valence-electron chi connectivity index (χ2n) is 5.43. The van der Waals surface area contributed by atoms with E-state index in [0.29, 0.717) is 22.5 Å². The molecule has 0 aliphatic carbocycles. The smallest absolute Gasteiger partial charge is 0.337 e. The standard InChI is InChI=1S/C17H15BrFNO4/c1-3-23-16(21)12-8(2)20-11-7-24-17(22)14(11)13(12)9-5-4-6-10(19)15(9)18/h4-6,13,20H,3,7H2,1-2H3/t13-/m0/s1. The minimum atomic E-state index is -0.750. The molecule has 2 aliphatic heterocycles. The van der Waals surface area contributed by atoms with Crippen molar-refractivity contribution in [1.29, 1.82) is 0 Å². The van der Waals surface area contributed by atoms with Gasteiger partial charge in [-0.1, -0.05) is 12.1 Å². The molecule has 0 bridgehead atoms. The number of ether oxygens (including phenoxy) is 2. The van der Waals surface area contributed by atoms with Crippen LogP contribution < -0.4 is 5.32 Å². The van der Waals surface area contributed by atoms with Gasteiger partial charge < -0.3 is 14.8 Å². The molecule has 0 radical (unpaired) electrons. The first-order chi connectivity index (χ1) is 11.5. The number of carbonyl (C=O) groups is 2. The summed E-state index contributed by atoms with van der Waals surface area (Å²) in [6.07, 6.45) is 0. The van der Waals surface area contributed by atoms with E-state index >= 15 is 0 Å². The van der Waals surface area contributed by atoms with Crippen molar-refractivity contribution in [2.24, 2.45) is 0 Å². The van der Waals surface area contributed by atoms with E-state index in [9.17, 15) is 14.0 Å². The number of hydrogen-bond acceptors (Lipinski definition) is 5. The maximum atomic E-state index is 14.0. The fraction of sp³-hybridized carbons (Fsp3) is 0.294. The Bertz CT molecular complexity index is 800. The summed E-state index contributed by atoms with van der Waals surface area (Å²) in [6, 6.07) is 4.51. The number of carbonyl (C=O) groups excluding carboxylic acids is 2. The number of rotatable bonds is 3. The van der Waals surface area contributed by atoms with Crippen LogP contribution in [0.25, 0.3) is 0 Å². The fourth-order valence-electron chi connectivity index (χ4n) is 3.00. The number of esters is 2. The lowest BCUT2D eigenvalue weighted by Gasteiger charge is -2.28. The third-order valence-corrected chi connectivity index (χ3v) is 4.84. The van der Waals surface area contributed by atoms with Gasteiger partial charge in [-0.15, -0.1) is 0 Å². The fourth-order valence-corrected chi connectivity index (χ4v) is 3.49. The summed E-state index contributed by atoms with van der Waals surface area (Å²) in [5.74, 6) is -2.29. The van der Waals surface area contributed by atoms with Gasteiger partial charge in [0.2, 0.25) is 0 Å². The average molecular weight is 396 g/mol. The Hall–Kier alpha value is -2.15. The van der Waals surface area contributed by atoms with Gasteiger partial charge in [0, 0.05) is 5.70 Å². The van der Waals surface area contributed by atoms with Crippen LogP contribution >= 0.6 is 15.9 Å². The van der Waals surface area contributed by atoms with Crippen LogP contribution in [0.3, 0.4) is 0 Å². The van der Waals surface area contributed by atoms with E-state index in [4.69, 9.17) is 9.47 Å². The average Bonchev–Trinajstić information content (AvgIpc) is 2.90. The Labute approximate surface area is 146 Å². The van der Waals surface area contributed by atoms with Crippen LogP contribution in [0.15, 0.2) is 45.2 Å². The molecule has 0 saturated carbocycles. The lowest BCUT2D eigenvalue weighted by molar-refractivity contribution is -0.138. The number of dihydropyridines is 1. The van der Waals surface area contributed by atoms with Crippen molar-refractivity contribution in [3.05, 3.63) is 56.6 Å². The van der Waals surface area contributed by atoms with Gasteiger partial charge in [0.1, 0.15) is 12.4 Å². The molecule has 1 N–H and O–H groups in total. The van der Waals surface area contributed by atoms with Crippen molar-refractivity contribution in [2.45, 2.75) is 19.8 Å². The predicted molar refractivity (Wildman–Crippen MR) is 87.3 cm³/mol. The molecule has 0 aromatic heterocycles. The van der Waals surface area contributed by atoms with Gasteiger partial charge in [-0.05, 0) is 41.4 Å². The van der Waals surface area contributed by atoms with Crippen LogP contribution in [0.1, 0.15) is 25.3 Å². The van der Waals surface area contributed by atoms with Gasteiger partial charge in [0.05, 0.1) is 33.8 Å². The molecular weight excluding hydrogens is 381 g/mol. The first-order valence-corrected chi connectivity index (χ1v) is 8.24. The van der Waals surface area contributed by atoms with E-state index in [1.54, 1.807) is 19.9 Å². The minimum Gasteiger partial charge on any atom is -0.463 e. The van der Waals surface area contributed by atoms with Gasteiger partial charge in [-0.25, -0.2) is 14.0 Å². The zero-order valence-corrected chi connectivity index (χ0v) is 14.7. The first-order valence-electron chi connectivity index (χ1n) is 7.44. The van der Waals surface area contributed by atoms with Crippen molar-refractivity contribution in [1.82, 2.24) is 5.32 Å². The Morgan fingerprint density at radius 1 is 1.50 bits per heavy atom. The molecule has 1 aromatic rings. The predicted octanol–water partition coefficient (Wildman–Crippen LogP) is 2.92. The maximum Gasteiger partial charge on any atom is 0.337 e. The van der Waals surface area contributed by atoms with Gasteiger partial charge >= 0.3 is 11.9 Å². The van der Waals surface area contributed by atoms with Crippen molar-refractivity contribution in [3.8, 4) is 0 Å². The Morgan fingerprint density at radius 3 is 2.96 bits per heavy atom. The van der Waals surface area contributed by atoms with E-state index in [0.717, 1.165) is 0 Å². The third-order valence-electron chi connectivity index (χ3n) is 4.00. The zero-order valence-electron chi connectivity index (χ0n) is 13.1. The van der Waals surface area contributed by atoms with Crippen molar-refractivity contribution in [3.63, 3.8) is 0 Å². The molecule has 126 valence electrons.